The number of aliphatic carboxylic acids is 1. The molecule has 3 saturated carbocycles. The molecule has 1 heterocycles. The first-order valence-corrected chi connectivity index (χ1v) is 9.11. The normalized spacial score (nSPS) is 38.6. The van der Waals surface area contributed by atoms with Gasteiger partial charge in [0.1, 0.15) is 0 Å². The maximum absolute atomic E-state index is 11.2. The van der Waals surface area contributed by atoms with Crippen LogP contribution >= 0.6 is 11.3 Å². The molecule has 6 atom stereocenters. The van der Waals surface area contributed by atoms with Crippen molar-refractivity contribution in [1.82, 2.24) is 5.32 Å². The second kappa shape index (κ2) is 5.40. The highest BCUT2D eigenvalue weighted by Crippen LogP contribution is 2.59. The first-order chi connectivity index (χ1) is 10.2. The molecule has 2 N–H and O–H groups in total. The number of thiophene rings is 1. The number of hydrogen-bond donors (Lipinski definition) is 2. The lowest BCUT2D eigenvalue weighted by Gasteiger charge is -2.34. The molecule has 0 saturated heterocycles. The van der Waals surface area contributed by atoms with Crippen molar-refractivity contribution in [3.05, 3.63) is 22.4 Å². The molecule has 0 amide bonds. The molecule has 0 spiro atoms. The third-order valence-electron chi connectivity index (χ3n) is 6.11. The number of nitrogens with one attached hydrogen (secondary N) is 1. The van der Waals surface area contributed by atoms with Gasteiger partial charge in [0, 0.05) is 10.9 Å². The molecule has 3 nitrogen and oxygen atoms in total. The van der Waals surface area contributed by atoms with Gasteiger partial charge in [0.2, 0.25) is 0 Å². The van der Waals surface area contributed by atoms with Crippen LogP contribution in [-0.4, -0.2) is 17.1 Å². The van der Waals surface area contributed by atoms with E-state index >= 15 is 0 Å². The molecule has 21 heavy (non-hydrogen) atoms. The molecule has 2 bridgehead atoms. The molecule has 3 fully saturated rings. The van der Waals surface area contributed by atoms with Gasteiger partial charge >= 0.3 is 5.97 Å². The van der Waals surface area contributed by atoms with Gasteiger partial charge in [-0.1, -0.05) is 12.5 Å². The van der Waals surface area contributed by atoms with Crippen molar-refractivity contribution in [2.24, 2.45) is 23.7 Å². The summed E-state index contributed by atoms with van der Waals surface area (Å²) >= 11 is 1.67. The largest absolute Gasteiger partial charge is 0.481 e. The molecular weight excluding hydrogens is 282 g/mol. The first kappa shape index (κ1) is 13.8. The van der Waals surface area contributed by atoms with Gasteiger partial charge in [-0.15, -0.1) is 11.3 Å². The van der Waals surface area contributed by atoms with Gasteiger partial charge in [-0.2, -0.15) is 0 Å². The third-order valence-corrected chi connectivity index (χ3v) is 7.10. The fourth-order valence-corrected chi connectivity index (χ4v) is 6.21. The van der Waals surface area contributed by atoms with Crippen molar-refractivity contribution in [3.8, 4) is 0 Å². The molecular formula is C17H23NO2S. The highest BCUT2D eigenvalue weighted by atomic mass is 32.1. The van der Waals surface area contributed by atoms with Gasteiger partial charge in [0.25, 0.3) is 0 Å². The second-order valence-electron chi connectivity index (χ2n) is 7.09. The number of carboxylic acids is 1. The third kappa shape index (κ3) is 2.42. The van der Waals surface area contributed by atoms with Gasteiger partial charge in [0.05, 0.1) is 12.5 Å². The molecule has 1 aromatic heterocycles. The lowest BCUT2D eigenvalue weighted by molar-refractivity contribution is -0.137. The summed E-state index contributed by atoms with van der Waals surface area (Å²) in [6.07, 6.45) is 7.13. The van der Waals surface area contributed by atoms with Crippen molar-refractivity contribution in [3.63, 3.8) is 0 Å². The summed E-state index contributed by atoms with van der Waals surface area (Å²) in [6.45, 7) is 0. The molecule has 0 aliphatic heterocycles. The summed E-state index contributed by atoms with van der Waals surface area (Å²) < 4.78 is 0. The predicted molar refractivity (Wildman–Crippen MR) is 83.3 cm³/mol. The fraction of sp³-hybridized carbons (Fsp3) is 0.706. The van der Waals surface area contributed by atoms with Gasteiger partial charge in [-0.3, -0.25) is 4.79 Å². The summed E-state index contributed by atoms with van der Waals surface area (Å²) in [7, 11) is 0. The van der Waals surface area contributed by atoms with E-state index in [0.29, 0.717) is 6.04 Å². The van der Waals surface area contributed by atoms with Crippen LogP contribution in [0.25, 0.3) is 0 Å². The standard InChI is InChI=1S/C17H23NO2S/c19-17(20)9-15(16-5-2-6-21-16)18-14-8-10-7-13(14)12-4-1-3-11(10)12/h2,5-6,10-15,18H,1,3-4,7-9H2,(H,19,20). The maximum Gasteiger partial charge on any atom is 0.305 e. The van der Waals surface area contributed by atoms with E-state index in [-0.39, 0.29) is 12.5 Å². The molecule has 3 aliphatic carbocycles. The smallest absolute Gasteiger partial charge is 0.305 e. The van der Waals surface area contributed by atoms with E-state index < -0.39 is 5.97 Å². The first-order valence-electron chi connectivity index (χ1n) is 8.23. The lowest BCUT2D eigenvalue weighted by Crippen LogP contribution is -2.41. The van der Waals surface area contributed by atoms with E-state index in [9.17, 15) is 9.90 Å². The Hall–Kier alpha value is -0.870. The second-order valence-corrected chi connectivity index (χ2v) is 8.07. The molecule has 3 aliphatic rings. The molecule has 6 unspecified atom stereocenters. The topological polar surface area (TPSA) is 49.3 Å². The van der Waals surface area contributed by atoms with E-state index in [1.807, 2.05) is 11.4 Å². The van der Waals surface area contributed by atoms with Crippen molar-refractivity contribution < 1.29 is 9.90 Å². The van der Waals surface area contributed by atoms with Crippen LogP contribution in [0.2, 0.25) is 0 Å². The monoisotopic (exact) mass is 305 g/mol. The Morgan fingerprint density at radius 2 is 2.19 bits per heavy atom. The number of carbonyl (C=O) groups is 1. The van der Waals surface area contributed by atoms with E-state index in [1.54, 1.807) is 11.3 Å². The summed E-state index contributed by atoms with van der Waals surface area (Å²) in [5, 5.41) is 15.0. The van der Waals surface area contributed by atoms with Crippen LogP contribution in [0.5, 0.6) is 0 Å². The van der Waals surface area contributed by atoms with E-state index in [4.69, 9.17) is 0 Å². The van der Waals surface area contributed by atoms with Crippen LogP contribution < -0.4 is 5.32 Å². The Kier molecular flexibility index (Phi) is 3.54. The maximum atomic E-state index is 11.2. The number of fused-ring (bicyclic) bond motifs is 5. The summed E-state index contributed by atoms with van der Waals surface area (Å²) in [5.41, 5.74) is 0. The van der Waals surface area contributed by atoms with Crippen LogP contribution in [0.4, 0.5) is 0 Å². The number of rotatable bonds is 5. The average Bonchev–Trinajstić information content (AvgIpc) is 3.20. The Morgan fingerprint density at radius 1 is 1.33 bits per heavy atom. The quantitative estimate of drug-likeness (QED) is 0.872. The fourth-order valence-electron chi connectivity index (χ4n) is 5.42. The number of hydrogen-bond acceptors (Lipinski definition) is 3. The van der Waals surface area contributed by atoms with Crippen molar-refractivity contribution in [2.75, 3.05) is 0 Å². The van der Waals surface area contributed by atoms with Crippen molar-refractivity contribution in [2.45, 2.75) is 50.6 Å². The van der Waals surface area contributed by atoms with E-state index in [1.165, 1.54) is 37.0 Å². The van der Waals surface area contributed by atoms with Crippen LogP contribution in [0, 0.1) is 23.7 Å². The Bertz CT molecular complexity index is 515. The van der Waals surface area contributed by atoms with Crippen LogP contribution in [0.1, 0.15) is 49.4 Å². The molecule has 0 radical (unpaired) electrons. The Morgan fingerprint density at radius 3 is 2.95 bits per heavy atom. The van der Waals surface area contributed by atoms with Gasteiger partial charge in [0.15, 0.2) is 0 Å². The highest BCUT2D eigenvalue weighted by molar-refractivity contribution is 7.10. The summed E-state index contributed by atoms with van der Waals surface area (Å²) in [4.78, 5) is 12.4. The molecule has 0 aromatic carbocycles. The zero-order valence-corrected chi connectivity index (χ0v) is 13.0. The molecule has 4 heteroatoms. The average molecular weight is 305 g/mol. The van der Waals surface area contributed by atoms with Crippen LogP contribution in [0.15, 0.2) is 17.5 Å². The van der Waals surface area contributed by atoms with E-state index in [0.717, 1.165) is 23.7 Å². The Labute approximate surface area is 129 Å². The van der Waals surface area contributed by atoms with Crippen molar-refractivity contribution >= 4 is 17.3 Å². The lowest BCUT2D eigenvalue weighted by atomic mass is 9.79. The summed E-state index contributed by atoms with van der Waals surface area (Å²) in [5.74, 6) is 2.93. The molecule has 114 valence electrons. The van der Waals surface area contributed by atoms with Crippen LogP contribution in [-0.2, 0) is 4.79 Å². The van der Waals surface area contributed by atoms with Gasteiger partial charge < -0.3 is 10.4 Å². The van der Waals surface area contributed by atoms with Crippen molar-refractivity contribution in [1.29, 1.82) is 0 Å². The zero-order valence-electron chi connectivity index (χ0n) is 12.2. The molecule has 4 rings (SSSR count). The zero-order chi connectivity index (χ0) is 14.4. The van der Waals surface area contributed by atoms with Crippen LogP contribution in [0.3, 0.4) is 0 Å². The predicted octanol–water partition coefficient (Wildman–Crippen LogP) is 3.68. The minimum absolute atomic E-state index is 0.00768. The van der Waals surface area contributed by atoms with Gasteiger partial charge in [-0.05, 0) is 60.8 Å². The minimum Gasteiger partial charge on any atom is -0.481 e. The Balaban J connectivity index is 1.48. The summed E-state index contributed by atoms with van der Waals surface area (Å²) in [6, 6.07) is 4.62. The van der Waals surface area contributed by atoms with E-state index in [2.05, 4.69) is 11.4 Å². The van der Waals surface area contributed by atoms with Gasteiger partial charge in [-0.25, -0.2) is 0 Å². The highest BCUT2D eigenvalue weighted by Gasteiger charge is 2.53. The SMILES string of the molecule is O=C(O)CC(NC1CC2CC1C1CCCC21)c1cccs1. The molecule has 1 aromatic rings. The minimum atomic E-state index is -0.706. The number of carboxylic acid groups (broad SMARTS) is 1.